The molecular formula is C7H14N4O. The second-order valence-electron chi connectivity index (χ2n) is 2.58. The number of hydrogen-bond acceptors (Lipinski definition) is 4. The maximum atomic E-state index is 5.42. The van der Waals surface area contributed by atoms with Gasteiger partial charge in [-0.1, -0.05) is 5.21 Å². The molecule has 1 aromatic rings. The van der Waals surface area contributed by atoms with Crippen LogP contribution >= 0.6 is 0 Å². The van der Waals surface area contributed by atoms with Crippen LogP contribution in [0.1, 0.15) is 11.4 Å². The molecule has 0 fully saturated rings. The molecule has 0 radical (unpaired) electrons. The first kappa shape index (κ1) is 9.15. The number of rotatable bonds is 4. The first-order chi connectivity index (χ1) is 5.79. The van der Waals surface area contributed by atoms with Crippen LogP contribution in [0.3, 0.4) is 0 Å². The third-order valence-corrected chi connectivity index (χ3v) is 1.69. The van der Waals surface area contributed by atoms with E-state index in [0.717, 1.165) is 17.8 Å². The normalized spacial score (nSPS) is 10.6. The Balaban J connectivity index is 2.80. The van der Waals surface area contributed by atoms with Crippen molar-refractivity contribution in [1.29, 1.82) is 0 Å². The van der Waals surface area contributed by atoms with Crippen LogP contribution in [0.15, 0.2) is 0 Å². The van der Waals surface area contributed by atoms with E-state index in [9.17, 15) is 0 Å². The van der Waals surface area contributed by atoms with E-state index >= 15 is 0 Å². The van der Waals surface area contributed by atoms with Crippen LogP contribution in [0.2, 0.25) is 0 Å². The molecule has 5 nitrogen and oxygen atoms in total. The molecule has 12 heavy (non-hydrogen) atoms. The molecule has 0 atom stereocenters. The average molecular weight is 170 g/mol. The summed E-state index contributed by atoms with van der Waals surface area (Å²) in [5, 5.41) is 7.86. The van der Waals surface area contributed by atoms with E-state index in [4.69, 9.17) is 10.5 Å². The van der Waals surface area contributed by atoms with Gasteiger partial charge in [0, 0.05) is 20.6 Å². The summed E-state index contributed by atoms with van der Waals surface area (Å²) < 4.78 is 6.73. The Bertz CT molecular complexity index is 246. The minimum absolute atomic E-state index is 0.541. The number of nitrogens with two attached hydrogens (primary N) is 1. The zero-order chi connectivity index (χ0) is 8.97. The molecule has 68 valence electrons. The van der Waals surface area contributed by atoms with Crippen LogP contribution in [0, 0.1) is 0 Å². The lowest BCUT2D eigenvalue weighted by molar-refractivity contribution is 0.177. The van der Waals surface area contributed by atoms with E-state index in [1.165, 1.54) is 0 Å². The Hall–Kier alpha value is -0.940. The topological polar surface area (TPSA) is 66.0 Å². The van der Waals surface area contributed by atoms with Crippen molar-refractivity contribution < 1.29 is 4.74 Å². The van der Waals surface area contributed by atoms with Gasteiger partial charge in [0.15, 0.2) is 0 Å². The summed E-state index contributed by atoms with van der Waals surface area (Å²) in [6, 6.07) is 0. The number of aromatic nitrogens is 3. The van der Waals surface area contributed by atoms with Gasteiger partial charge in [0.2, 0.25) is 0 Å². The van der Waals surface area contributed by atoms with Gasteiger partial charge in [-0.05, 0) is 6.54 Å². The Morgan fingerprint density at radius 3 is 2.92 bits per heavy atom. The first-order valence-corrected chi connectivity index (χ1v) is 3.86. The predicted molar refractivity (Wildman–Crippen MR) is 44.5 cm³/mol. The fraction of sp³-hybridized carbons (Fsp3) is 0.714. The molecule has 1 heterocycles. The summed E-state index contributed by atoms with van der Waals surface area (Å²) >= 11 is 0. The average Bonchev–Trinajstić information content (AvgIpc) is 2.37. The maximum Gasteiger partial charge on any atom is 0.0900 e. The van der Waals surface area contributed by atoms with Crippen LogP contribution in [-0.4, -0.2) is 28.6 Å². The molecule has 0 aliphatic heterocycles. The number of methoxy groups -OCH3 is 1. The fourth-order valence-electron chi connectivity index (χ4n) is 1.06. The van der Waals surface area contributed by atoms with Gasteiger partial charge in [0.05, 0.1) is 18.0 Å². The van der Waals surface area contributed by atoms with E-state index in [1.807, 2.05) is 7.05 Å². The summed E-state index contributed by atoms with van der Waals surface area (Å²) in [5.74, 6) is 0. The van der Waals surface area contributed by atoms with E-state index in [2.05, 4.69) is 10.3 Å². The zero-order valence-corrected chi connectivity index (χ0v) is 7.45. The Kier molecular flexibility index (Phi) is 3.19. The molecule has 0 saturated heterocycles. The molecule has 1 aromatic heterocycles. The molecule has 0 amide bonds. The van der Waals surface area contributed by atoms with Crippen molar-refractivity contribution in [3.05, 3.63) is 11.4 Å². The van der Waals surface area contributed by atoms with Crippen molar-refractivity contribution in [3.8, 4) is 0 Å². The van der Waals surface area contributed by atoms with Gasteiger partial charge in [0.25, 0.3) is 0 Å². The van der Waals surface area contributed by atoms with Crippen molar-refractivity contribution in [2.24, 2.45) is 12.8 Å². The zero-order valence-electron chi connectivity index (χ0n) is 7.45. The summed E-state index contributed by atoms with van der Waals surface area (Å²) in [5.41, 5.74) is 7.35. The van der Waals surface area contributed by atoms with E-state index in [1.54, 1.807) is 11.8 Å². The minimum Gasteiger partial charge on any atom is -0.378 e. The van der Waals surface area contributed by atoms with Gasteiger partial charge < -0.3 is 10.5 Å². The van der Waals surface area contributed by atoms with Gasteiger partial charge in [-0.25, -0.2) is 4.68 Å². The summed E-state index contributed by atoms with van der Waals surface area (Å²) in [6.45, 7) is 1.13. The molecule has 2 N–H and O–H groups in total. The number of aryl methyl sites for hydroxylation is 1. The summed E-state index contributed by atoms with van der Waals surface area (Å²) in [7, 11) is 3.50. The number of hydrogen-bond donors (Lipinski definition) is 1. The van der Waals surface area contributed by atoms with Gasteiger partial charge in [-0.15, -0.1) is 5.10 Å². The highest BCUT2D eigenvalue weighted by Crippen LogP contribution is 2.05. The van der Waals surface area contributed by atoms with Crippen LogP contribution in [0.5, 0.6) is 0 Å². The van der Waals surface area contributed by atoms with Crippen LogP contribution in [0.25, 0.3) is 0 Å². The molecule has 0 saturated carbocycles. The Morgan fingerprint density at radius 1 is 1.58 bits per heavy atom. The third-order valence-electron chi connectivity index (χ3n) is 1.69. The highest BCUT2D eigenvalue weighted by atomic mass is 16.5. The standard InChI is InChI=1S/C7H14N4O/c1-11-7(5-12-2)6(3-4-8)9-10-11/h3-5,8H2,1-2H3. The van der Waals surface area contributed by atoms with Gasteiger partial charge >= 0.3 is 0 Å². The maximum absolute atomic E-state index is 5.42. The van der Waals surface area contributed by atoms with Crippen molar-refractivity contribution in [2.75, 3.05) is 13.7 Å². The highest BCUT2D eigenvalue weighted by Gasteiger charge is 2.08. The highest BCUT2D eigenvalue weighted by molar-refractivity contribution is 5.09. The summed E-state index contributed by atoms with van der Waals surface area (Å²) in [4.78, 5) is 0. The molecular weight excluding hydrogens is 156 g/mol. The molecule has 0 aliphatic carbocycles. The van der Waals surface area contributed by atoms with Crippen LogP contribution in [-0.2, 0) is 24.8 Å². The summed E-state index contributed by atoms with van der Waals surface area (Å²) in [6.07, 6.45) is 0.756. The van der Waals surface area contributed by atoms with Crippen molar-refractivity contribution in [2.45, 2.75) is 13.0 Å². The van der Waals surface area contributed by atoms with Crippen molar-refractivity contribution in [1.82, 2.24) is 15.0 Å². The lowest BCUT2D eigenvalue weighted by Crippen LogP contribution is -2.07. The number of ether oxygens (including phenoxy) is 1. The Labute approximate surface area is 71.5 Å². The van der Waals surface area contributed by atoms with E-state index in [-0.39, 0.29) is 0 Å². The van der Waals surface area contributed by atoms with Crippen molar-refractivity contribution in [3.63, 3.8) is 0 Å². The van der Waals surface area contributed by atoms with Crippen LogP contribution in [0.4, 0.5) is 0 Å². The van der Waals surface area contributed by atoms with Gasteiger partial charge in [0.1, 0.15) is 0 Å². The molecule has 0 bridgehead atoms. The van der Waals surface area contributed by atoms with Gasteiger partial charge in [-0.2, -0.15) is 0 Å². The van der Waals surface area contributed by atoms with Crippen molar-refractivity contribution >= 4 is 0 Å². The second-order valence-corrected chi connectivity index (χ2v) is 2.58. The molecule has 0 unspecified atom stereocenters. The van der Waals surface area contributed by atoms with E-state index in [0.29, 0.717) is 13.2 Å². The van der Waals surface area contributed by atoms with Crippen LogP contribution < -0.4 is 5.73 Å². The second kappa shape index (κ2) is 4.18. The number of nitrogens with zero attached hydrogens (tertiary/aromatic N) is 3. The van der Waals surface area contributed by atoms with Gasteiger partial charge in [-0.3, -0.25) is 0 Å². The fourth-order valence-corrected chi connectivity index (χ4v) is 1.06. The molecule has 1 rings (SSSR count). The van der Waals surface area contributed by atoms with E-state index < -0.39 is 0 Å². The molecule has 0 aromatic carbocycles. The monoisotopic (exact) mass is 170 g/mol. The quantitative estimate of drug-likeness (QED) is 0.659. The lowest BCUT2D eigenvalue weighted by Gasteiger charge is -2.00. The first-order valence-electron chi connectivity index (χ1n) is 3.86. The SMILES string of the molecule is COCc1c(CCN)nnn1C. The largest absolute Gasteiger partial charge is 0.378 e. The lowest BCUT2D eigenvalue weighted by atomic mass is 10.2. The third kappa shape index (κ3) is 1.80. The smallest absolute Gasteiger partial charge is 0.0900 e. The molecule has 0 spiro atoms. The Morgan fingerprint density at radius 2 is 2.33 bits per heavy atom. The molecule has 5 heteroatoms. The molecule has 0 aliphatic rings. The predicted octanol–water partition coefficient (Wildman–Crippen LogP) is -0.537. The minimum atomic E-state index is 0.541.